The molecule has 0 heterocycles. The van der Waals surface area contributed by atoms with Gasteiger partial charge < -0.3 is 28.8 Å². The Balaban J connectivity index is 4.07. The van der Waals surface area contributed by atoms with E-state index in [4.69, 9.17) is 9.05 Å². The topological polar surface area (TPSA) is 108 Å². The predicted molar refractivity (Wildman–Crippen MR) is 238 cm³/mol. The Morgan fingerprint density at radius 1 is 0.607 bits per heavy atom. The van der Waals surface area contributed by atoms with Gasteiger partial charge in [-0.1, -0.05) is 192 Å². The molecule has 0 aliphatic heterocycles. The number of rotatable bonds is 42. The van der Waals surface area contributed by atoms with E-state index in [1.165, 1.54) is 128 Å². The molecule has 0 aliphatic rings. The van der Waals surface area contributed by atoms with Crippen molar-refractivity contribution < 1.29 is 32.9 Å². The van der Waals surface area contributed by atoms with Gasteiger partial charge in [0.15, 0.2) is 0 Å². The lowest BCUT2D eigenvalue weighted by Gasteiger charge is -2.29. The highest BCUT2D eigenvalue weighted by Crippen LogP contribution is 2.38. The van der Waals surface area contributed by atoms with Crippen molar-refractivity contribution in [3.8, 4) is 0 Å². The molecule has 0 rings (SSSR count). The maximum Gasteiger partial charge on any atom is 0.268 e. The summed E-state index contributed by atoms with van der Waals surface area (Å²) >= 11 is 0. The van der Waals surface area contributed by atoms with Crippen molar-refractivity contribution in [2.75, 3.05) is 40.9 Å². The molecule has 2 N–H and O–H groups in total. The summed E-state index contributed by atoms with van der Waals surface area (Å²) in [5.41, 5.74) is 0. The summed E-state index contributed by atoms with van der Waals surface area (Å²) in [6.45, 7) is 4.52. The lowest BCUT2D eigenvalue weighted by molar-refractivity contribution is -0.870. The second kappa shape index (κ2) is 39.2. The number of quaternary nitrogens is 1. The van der Waals surface area contributed by atoms with Crippen molar-refractivity contribution in [3.05, 3.63) is 36.5 Å². The van der Waals surface area contributed by atoms with Gasteiger partial charge in [-0.05, 0) is 44.9 Å². The molecule has 0 fully saturated rings. The third-order valence-corrected chi connectivity index (χ3v) is 11.3. The Bertz CT molecular complexity index is 1010. The van der Waals surface area contributed by atoms with Crippen LogP contribution in [0, 0.1) is 0 Å². The first-order valence-electron chi connectivity index (χ1n) is 23.4. The Labute approximate surface area is 347 Å². The standard InChI is InChI=1S/C47H91N2O6P/c1-6-8-10-12-13-14-15-16-17-18-19-20-21-22-23-24-25-26-27-28-29-30-31-32-33-34-35-37-38-40-46(50)45(48-47(51)41-39-36-11-9-7-2)44-55-56(52,53)54-43-42-49(3,4)5/h29-30,33-34,38,40,45-46,50H,6-28,31-32,35-37,39,41-44H2,1-5H3,(H-,48,51,52,53)/b30-29+,34-33+,40-38+. The molecule has 0 aromatic rings. The van der Waals surface area contributed by atoms with Gasteiger partial charge in [0.25, 0.3) is 7.82 Å². The second-order valence-electron chi connectivity index (χ2n) is 17.1. The summed E-state index contributed by atoms with van der Waals surface area (Å²) in [7, 11) is 1.23. The van der Waals surface area contributed by atoms with E-state index in [-0.39, 0.29) is 12.5 Å². The number of allylic oxidation sites excluding steroid dienone is 5. The smallest absolute Gasteiger partial charge is 0.268 e. The number of carbonyl (C=O) groups is 1. The molecule has 0 bridgehead atoms. The minimum Gasteiger partial charge on any atom is -0.756 e. The highest BCUT2D eigenvalue weighted by Gasteiger charge is 2.23. The van der Waals surface area contributed by atoms with Crippen LogP contribution in [0.1, 0.15) is 206 Å². The largest absolute Gasteiger partial charge is 0.756 e. The molecule has 0 saturated carbocycles. The summed E-state index contributed by atoms with van der Waals surface area (Å²) in [6, 6.07) is -0.903. The van der Waals surface area contributed by atoms with Crippen molar-refractivity contribution in [3.63, 3.8) is 0 Å². The number of unbranched alkanes of at least 4 members (excludes halogenated alkanes) is 25. The Hall–Kier alpha value is -1.28. The van der Waals surface area contributed by atoms with Crippen molar-refractivity contribution in [1.82, 2.24) is 5.32 Å². The van der Waals surface area contributed by atoms with Crippen LogP contribution in [0.15, 0.2) is 36.5 Å². The zero-order chi connectivity index (χ0) is 41.4. The van der Waals surface area contributed by atoms with E-state index in [1.807, 2.05) is 27.2 Å². The lowest BCUT2D eigenvalue weighted by atomic mass is 10.0. The van der Waals surface area contributed by atoms with E-state index < -0.39 is 26.6 Å². The molecule has 330 valence electrons. The molecule has 0 aromatic heterocycles. The molecular formula is C47H91N2O6P. The van der Waals surface area contributed by atoms with E-state index in [0.717, 1.165) is 57.8 Å². The number of phosphoric ester groups is 1. The molecule has 0 aromatic carbocycles. The maximum absolute atomic E-state index is 12.6. The number of aliphatic hydroxyl groups is 1. The fourth-order valence-electron chi connectivity index (χ4n) is 6.60. The Kier molecular flexibility index (Phi) is 38.3. The highest BCUT2D eigenvalue weighted by molar-refractivity contribution is 7.45. The molecule has 0 saturated heterocycles. The molecule has 3 atom stereocenters. The van der Waals surface area contributed by atoms with Crippen LogP contribution >= 0.6 is 7.82 Å². The van der Waals surface area contributed by atoms with Gasteiger partial charge >= 0.3 is 0 Å². The Morgan fingerprint density at radius 2 is 1.00 bits per heavy atom. The van der Waals surface area contributed by atoms with E-state index in [9.17, 15) is 19.4 Å². The van der Waals surface area contributed by atoms with Gasteiger partial charge in [0, 0.05) is 6.42 Å². The number of hydrogen-bond acceptors (Lipinski definition) is 6. The number of hydrogen-bond donors (Lipinski definition) is 2. The summed E-state index contributed by atoms with van der Waals surface area (Å²) in [5.74, 6) is -0.225. The van der Waals surface area contributed by atoms with E-state index in [0.29, 0.717) is 17.4 Å². The summed E-state index contributed by atoms with van der Waals surface area (Å²) in [5, 5.41) is 13.6. The van der Waals surface area contributed by atoms with Crippen molar-refractivity contribution >= 4 is 13.7 Å². The fraction of sp³-hybridized carbons (Fsp3) is 0.851. The predicted octanol–water partition coefficient (Wildman–Crippen LogP) is 12.5. The van der Waals surface area contributed by atoms with E-state index in [2.05, 4.69) is 43.5 Å². The number of likely N-dealkylation sites (N-methyl/N-ethyl adjacent to an activating group) is 1. The van der Waals surface area contributed by atoms with Crippen LogP contribution < -0.4 is 10.2 Å². The lowest BCUT2D eigenvalue weighted by Crippen LogP contribution is -2.45. The first kappa shape index (κ1) is 54.7. The highest BCUT2D eigenvalue weighted by atomic mass is 31.2. The number of aliphatic hydroxyl groups excluding tert-OH is 1. The van der Waals surface area contributed by atoms with Crippen LogP contribution in [-0.2, 0) is 18.4 Å². The van der Waals surface area contributed by atoms with Crippen molar-refractivity contribution in [2.24, 2.45) is 0 Å². The van der Waals surface area contributed by atoms with E-state index in [1.54, 1.807) is 6.08 Å². The first-order valence-corrected chi connectivity index (χ1v) is 24.8. The van der Waals surface area contributed by atoms with Crippen LogP contribution in [0.2, 0.25) is 0 Å². The zero-order valence-electron chi connectivity index (χ0n) is 37.3. The van der Waals surface area contributed by atoms with Crippen molar-refractivity contribution in [2.45, 2.75) is 219 Å². The van der Waals surface area contributed by atoms with Gasteiger partial charge in [0.05, 0.1) is 39.9 Å². The number of nitrogens with zero attached hydrogens (tertiary/aromatic N) is 1. The monoisotopic (exact) mass is 811 g/mol. The molecule has 0 spiro atoms. The summed E-state index contributed by atoms with van der Waals surface area (Å²) in [6.07, 6.45) is 48.4. The molecule has 9 heteroatoms. The van der Waals surface area contributed by atoms with Gasteiger partial charge in [-0.25, -0.2) is 0 Å². The molecule has 1 amide bonds. The van der Waals surface area contributed by atoms with Crippen LogP contribution in [0.25, 0.3) is 0 Å². The van der Waals surface area contributed by atoms with Crippen LogP contribution in [-0.4, -0.2) is 68.5 Å². The number of carbonyl (C=O) groups excluding carboxylic acids is 1. The van der Waals surface area contributed by atoms with Gasteiger partial charge in [0.2, 0.25) is 5.91 Å². The van der Waals surface area contributed by atoms with Crippen LogP contribution in [0.4, 0.5) is 0 Å². The molecule has 8 nitrogen and oxygen atoms in total. The number of phosphoric acid groups is 1. The normalized spacial score (nSPS) is 14.6. The molecule has 3 unspecified atom stereocenters. The zero-order valence-corrected chi connectivity index (χ0v) is 38.2. The maximum atomic E-state index is 12.6. The average molecular weight is 811 g/mol. The molecule has 0 aliphatic carbocycles. The summed E-state index contributed by atoms with van der Waals surface area (Å²) < 4.78 is 23.0. The molecule has 0 radical (unpaired) electrons. The first-order chi connectivity index (χ1) is 27.0. The average Bonchev–Trinajstić information content (AvgIpc) is 3.15. The van der Waals surface area contributed by atoms with Gasteiger partial charge in [-0.15, -0.1) is 0 Å². The quantitative estimate of drug-likeness (QED) is 0.0275. The number of nitrogens with one attached hydrogen (secondary N) is 1. The van der Waals surface area contributed by atoms with Crippen molar-refractivity contribution in [1.29, 1.82) is 0 Å². The summed E-state index contributed by atoms with van der Waals surface area (Å²) in [4.78, 5) is 25.0. The Morgan fingerprint density at radius 3 is 1.45 bits per heavy atom. The second-order valence-corrected chi connectivity index (χ2v) is 18.5. The third-order valence-electron chi connectivity index (χ3n) is 10.3. The fourth-order valence-corrected chi connectivity index (χ4v) is 7.32. The van der Waals surface area contributed by atoms with E-state index >= 15 is 0 Å². The number of amides is 1. The van der Waals surface area contributed by atoms with Gasteiger partial charge in [-0.3, -0.25) is 9.36 Å². The minimum atomic E-state index is -4.58. The SMILES string of the molecule is CCCCCCCCCCCCCCCCCCCCC/C=C/CC/C=C/CC/C=C/C(O)C(COP(=O)([O-])OCC[N+](C)(C)C)NC(=O)CCCCCCC. The van der Waals surface area contributed by atoms with Crippen LogP contribution in [0.3, 0.4) is 0 Å². The van der Waals surface area contributed by atoms with Gasteiger partial charge in [-0.2, -0.15) is 0 Å². The third kappa shape index (κ3) is 40.9. The van der Waals surface area contributed by atoms with Gasteiger partial charge in [0.1, 0.15) is 13.2 Å². The molecular weight excluding hydrogens is 719 g/mol. The van der Waals surface area contributed by atoms with Crippen LogP contribution in [0.5, 0.6) is 0 Å². The minimum absolute atomic E-state index is 0.00895. The molecule has 56 heavy (non-hydrogen) atoms.